The second kappa shape index (κ2) is 5.48. The molecule has 0 aromatic rings. The Bertz CT molecular complexity index is 200. The van der Waals surface area contributed by atoms with Crippen LogP contribution in [0.1, 0.15) is 26.7 Å². The van der Waals surface area contributed by atoms with E-state index < -0.39 is 0 Å². The lowest BCUT2D eigenvalue weighted by molar-refractivity contribution is -0.939. The standard InChI is InChI=1S/C13H27N2O/c1-3-14(4-2)13-5-7-15(8-6-13)9-11-16-12-10-15/h13H,3-12H2,1-2H3/q+1. The molecule has 2 aliphatic heterocycles. The lowest BCUT2D eigenvalue weighted by Crippen LogP contribution is -2.60. The number of morpholine rings is 1. The maximum atomic E-state index is 5.49. The molecule has 0 aromatic heterocycles. The summed E-state index contributed by atoms with van der Waals surface area (Å²) in [6, 6.07) is 0.849. The van der Waals surface area contributed by atoms with E-state index in [1.165, 1.54) is 56.6 Å². The van der Waals surface area contributed by atoms with E-state index in [-0.39, 0.29) is 0 Å². The highest BCUT2D eigenvalue weighted by Gasteiger charge is 2.36. The minimum Gasteiger partial charge on any atom is -0.370 e. The van der Waals surface area contributed by atoms with Gasteiger partial charge in [0.2, 0.25) is 0 Å². The van der Waals surface area contributed by atoms with Crippen molar-refractivity contribution in [1.29, 1.82) is 0 Å². The fourth-order valence-electron chi connectivity index (χ4n) is 3.38. The number of nitrogens with zero attached hydrogens (tertiary/aromatic N) is 2. The Morgan fingerprint density at radius 1 is 1.00 bits per heavy atom. The van der Waals surface area contributed by atoms with Gasteiger partial charge in [0.1, 0.15) is 13.1 Å². The number of quaternary nitrogens is 1. The Labute approximate surface area is 100.0 Å². The minimum absolute atomic E-state index is 0.849. The zero-order valence-corrected chi connectivity index (χ0v) is 11.0. The summed E-state index contributed by atoms with van der Waals surface area (Å²) in [7, 11) is 0. The molecule has 2 fully saturated rings. The molecule has 94 valence electrons. The molecule has 3 heteroatoms. The smallest absolute Gasteiger partial charge is 0.102 e. The van der Waals surface area contributed by atoms with Gasteiger partial charge in [-0.2, -0.15) is 0 Å². The molecule has 0 N–H and O–H groups in total. The van der Waals surface area contributed by atoms with Crippen molar-refractivity contribution < 1.29 is 9.22 Å². The molecule has 16 heavy (non-hydrogen) atoms. The fourth-order valence-corrected chi connectivity index (χ4v) is 3.38. The largest absolute Gasteiger partial charge is 0.370 e. The Morgan fingerprint density at radius 3 is 2.06 bits per heavy atom. The topological polar surface area (TPSA) is 12.5 Å². The number of ether oxygens (including phenoxy) is 1. The van der Waals surface area contributed by atoms with Crippen molar-refractivity contribution in [2.45, 2.75) is 32.7 Å². The highest BCUT2D eigenvalue weighted by Crippen LogP contribution is 2.24. The van der Waals surface area contributed by atoms with E-state index in [1.54, 1.807) is 0 Å². The molecule has 0 radical (unpaired) electrons. The second-order valence-electron chi connectivity index (χ2n) is 5.30. The Morgan fingerprint density at radius 2 is 1.56 bits per heavy atom. The second-order valence-corrected chi connectivity index (χ2v) is 5.30. The summed E-state index contributed by atoms with van der Waals surface area (Å²) in [4.78, 5) is 2.64. The summed E-state index contributed by atoms with van der Waals surface area (Å²) in [6.07, 6.45) is 2.78. The molecule has 2 saturated heterocycles. The van der Waals surface area contributed by atoms with Crippen LogP contribution in [-0.2, 0) is 4.74 Å². The first-order chi connectivity index (χ1) is 7.79. The average molecular weight is 227 g/mol. The zero-order valence-electron chi connectivity index (χ0n) is 11.0. The van der Waals surface area contributed by atoms with Crippen molar-refractivity contribution in [1.82, 2.24) is 4.90 Å². The van der Waals surface area contributed by atoms with Gasteiger partial charge in [-0.1, -0.05) is 13.8 Å². The molecule has 1 spiro atoms. The monoisotopic (exact) mass is 227 g/mol. The first-order valence-electron chi connectivity index (χ1n) is 6.96. The molecule has 0 atom stereocenters. The molecule has 0 bridgehead atoms. The lowest BCUT2D eigenvalue weighted by atomic mass is 10.00. The third-order valence-corrected chi connectivity index (χ3v) is 4.62. The molecule has 0 aliphatic carbocycles. The predicted octanol–water partition coefficient (Wildman–Crippen LogP) is 1.34. The maximum absolute atomic E-state index is 5.49. The number of hydrogen-bond acceptors (Lipinski definition) is 2. The Balaban J connectivity index is 1.85. The third kappa shape index (κ3) is 2.58. The van der Waals surface area contributed by atoms with Crippen molar-refractivity contribution in [3.63, 3.8) is 0 Å². The van der Waals surface area contributed by atoms with Gasteiger partial charge in [0.05, 0.1) is 26.3 Å². The average Bonchev–Trinajstić information content (AvgIpc) is 2.34. The molecule has 3 nitrogen and oxygen atoms in total. The zero-order chi connectivity index (χ0) is 11.4. The van der Waals surface area contributed by atoms with Crippen LogP contribution in [0.4, 0.5) is 0 Å². The van der Waals surface area contributed by atoms with Crippen LogP contribution >= 0.6 is 0 Å². The van der Waals surface area contributed by atoms with Gasteiger partial charge in [-0.05, 0) is 13.1 Å². The van der Waals surface area contributed by atoms with E-state index in [1.807, 2.05) is 0 Å². The van der Waals surface area contributed by atoms with Gasteiger partial charge in [0.15, 0.2) is 0 Å². The van der Waals surface area contributed by atoms with Crippen molar-refractivity contribution in [2.75, 3.05) is 52.5 Å². The van der Waals surface area contributed by atoms with Gasteiger partial charge >= 0.3 is 0 Å². The number of rotatable bonds is 3. The normalized spacial score (nSPS) is 26.4. The fraction of sp³-hybridized carbons (Fsp3) is 1.00. The van der Waals surface area contributed by atoms with Gasteiger partial charge in [-0.15, -0.1) is 0 Å². The summed E-state index contributed by atoms with van der Waals surface area (Å²) in [6.45, 7) is 14.2. The molecule has 2 heterocycles. The summed E-state index contributed by atoms with van der Waals surface area (Å²) < 4.78 is 6.83. The van der Waals surface area contributed by atoms with Crippen molar-refractivity contribution in [3.05, 3.63) is 0 Å². The van der Waals surface area contributed by atoms with Gasteiger partial charge in [0, 0.05) is 18.9 Å². The quantitative estimate of drug-likeness (QED) is 0.675. The van der Waals surface area contributed by atoms with E-state index in [4.69, 9.17) is 4.74 Å². The highest BCUT2D eigenvalue weighted by atomic mass is 16.5. The first kappa shape index (κ1) is 12.3. The van der Waals surface area contributed by atoms with E-state index in [2.05, 4.69) is 18.7 Å². The summed E-state index contributed by atoms with van der Waals surface area (Å²) in [5.74, 6) is 0. The molecule has 2 aliphatic rings. The first-order valence-corrected chi connectivity index (χ1v) is 6.96. The van der Waals surface area contributed by atoms with Crippen LogP contribution in [0.25, 0.3) is 0 Å². The molecule has 0 amide bonds. The summed E-state index contributed by atoms with van der Waals surface area (Å²) in [5.41, 5.74) is 0. The molecular weight excluding hydrogens is 200 g/mol. The Hall–Kier alpha value is -0.120. The van der Waals surface area contributed by atoms with Crippen LogP contribution in [0.2, 0.25) is 0 Å². The summed E-state index contributed by atoms with van der Waals surface area (Å²) >= 11 is 0. The van der Waals surface area contributed by atoms with Gasteiger partial charge < -0.3 is 14.1 Å². The van der Waals surface area contributed by atoms with Gasteiger partial charge in [0.25, 0.3) is 0 Å². The molecule has 2 rings (SSSR count). The lowest BCUT2D eigenvalue weighted by Gasteiger charge is -2.47. The van der Waals surface area contributed by atoms with E-state index >= 15 is 0 Å². The predicted molar refractivity (Wildman–Crippen MR) is 66.5 cm³/mol. The van der Waals surface area contributed by atoms with Crippen LogP contribution in [0, 0.1) is 0 Å². The maximum Gasteiger partial charge on any atom is 0.102 e. The third-order valence-electron chi connectivity index (χ3n) is 4.62. The SMILES string of the molecule is CCN(CC)C1CC[N+]2(CCOCC2)CC1. The van der Waals surface area contributed by atoms with Gasteiger partial charge in [-0.3, -0.25) is 0 Å². The van der Waals surface area contributed by atoms with E-state index in [9.17, 15) is 0 Å². The van der Waals surface area contributed by atoms with Crippen LogP contribution in [0.5, 0.6) is 0 Å². The molecule has 0 aromatic carbocycles. The number of hydrogen-bond donors (Lipinski definition) is 0. The van der Waals surface area contributed by atoms with Crippen molar-refractivity contribution in [2.24, 2.45) is 0 Å². The molecule has 0 unspecified atom stereocenters. The van der Waals surface area contributed by atoms with Crippen LogP contribution < -0.4 is 0 Å². The van der Waals surface area contributed by atoms with Crippen molar-refractivity contribution in [3.8, 4) is 0 Å². The minimum atomic E-state index is 0.849. The van der Waals surface area contributed by atoms with Crippen LogP contribution in [0.3, 0.4) is 0 Å². The van der Waals surface area contributed by atoms with Crippen LogP contribution in [0.15, 0.2) is 0 Å². The molecular formula is C13H27N2O+. The van der Waals surface area contributed by atoms with Crippen LogP contribution in [-0.4, -0.2) is 67.9 Å². The Kier molecular flexibility index (Phi) is 4.22. The summed E-state index contributed by atoms with van der Waals surface area (Å²) in [5, 5.41) is 0. The highest BCUT2D eigenvalue weighted by molar-refractivity contribution is 4.74. The van der Waals surface area contributed by atoms with Crippen molar-refractivity contribution >= 4 is 0 Å². The van der Waals surface area contributed by atoms with E-state index in [0.717, 1.165) is 19.3 Å². The van der Waals surface area contributed by atoms with Gasteiger partial charge in [-0.25, -0.2) is 0 Å². The number of piperidine rings is 1. The van der Waals surface area contributed by atoms with E-state index in [0.29, 0.717) is 0 Å². The molecule has 0 saturated carbocycles.